The Kier molecular flexibility index (Phi) is 5.58. The molecule has 0 spiro atoms. The standard InChI is InChI=1S/C19H28N2O4S/c1-4-15-5-7-16(8-6-15)11-20-9-10-21(19(22)25-14(2)3)18-13-26(23,24)12-17(18)20/h5-8,14,17-18H,4,9-13H2,1-3H3/t17-,18+/m0/s1. The van der Waals surface area contributed by atoms with Crippen molar-refractivity contribution in [2.45, 2.75) is 51.9 Å². The summed E-state index contributed by atoms with van der Waals surface area (Å²) >= 11 is 0. The molecule has 1 aromatic rings. The molecule has 26 heavy (non-hydrogen) atoms. The van der Waals surface area contributed by atoms with Crippen LogP contribution in [0.25, 0.3) is 0 Å². The first-order valence-electron chi connectivity index (χ1n) is 9.28. The van der Waals surface area contributed by atoms with Crippen molar-refractivity contribution >= 4 is 15.9 Å². The molecule has 6 nitrogen and oxygen atoms in total. The quantitative estimate of drug-likeness (QED) is 0.800. The van der Waals surface area contributed by atoms with E-state index in [4.69, 9.17) is 4.74 Å². The van der Waals surface area contributed by atoms with Crippen LogP contribution in [0.2, 0.25) is 0 Å². The first-order chi connectivity index (χ1) is 12.3. The predicted molar refractivity (Wildman–Crippen MR) is 101 cm³/mol. The fourth-order valence-corrected chi connectivity index (χ4v) is 5.84. The molecule has 2 aliphatic rings. The molecule has 0 aromatic heterocycles. The molecule has 2 fully saturated rings. The Morgan fingerprint density at radius 2 is 1.73 bits per heavy atom. The summed E-state index contributed by atoms with van der Waals surface area (Å²) in [5, 5.41) is 0. The number of nitrogens with zero attached hydrogens (tertiary/aromatic N) is 2. The minimum absolute atomic E-state index is 0.0239. The van der Waals surface area contributed by atoms with Gasteiger partial charge in [0.1, 0.15) is 0 Å². The van der Waals surface area contributed by atoms with Gasteiger partial charge in [0.05, 0.1) is 23.7 Å². The summed E-state index contributed by atoms with van der Waals surface area (Å²) in [6, 6.07) is 7.96. The van der Waals surface area contributed by atoms with Crippen LogP contribution in [0.5, 0.6) is 0 Å². The summed E-state index contributed by atoms with van der Waals surface area (Å²) in [5.74, 6) is 0.131. The Bertz CT molecular complexity index is 745. The highest BCUT2D eigenvalue weighted by Crippen LogP contribution is 2.29. The summed E-state index contributed by atoms with van der Waals surface area (Å²) in [5.41, 5.74) is 2.46. The second kappa shape index (κ2) is 7.56. The number of carbonyl (C=O) groups excluding carboxylic acids is 1. The molecule has 2 aliphatic heterocycles. The highest BCUT2D eigenvalue weighted by molar-refractivity contribution is 7.91. The molecule has 1 aromatic carbocycles. The fourth-order valence-electron chi connectivity index (χ4n) is 3.83. The lowest BCUT2D eigenvalue weighted by molar-refractivity contribution is 0.0163. The van der Waals surface area contributed by atoms with E-state index in [1.54, 1.807) is 18.7 Å². The van der Waals surface area contributed by atoms with Gasteiger partial charge in [0.25, 0.3) is 0 Å². The second-order valence-corrected chi connectivity index (χ2v) is 9.63. The van der Waals surface area contributed by atoms with Crippen molar-refractivity contribution in [2.24, 2.45) is 0 Å². The lowest BCUT2D eigenvalue weighted by Crippen LogP contribution is -2.60. The number of sulfone groups is 1. The lowest BCUT2D eigenvalue weighted by atomic mass is 10.0. The maximum atomic E-state index is 12.4. The molecule has 0 radical (unpaired) electrons. The number of fused-ring (bicyclic) bond motifs is 1. The molecular formula is C19H28N2O4S. The Balaban J connectivity index is 1.76. The van der Waals surface area contributed by atoms with Crippen LogP contribution in [0, 0.1) is 0 Å². The summed E-state index contributed by atoms with van der Waals surface area (Å²) in [6.07, 6.45) is 0.382. The minimum Gasteiger partial charge on any atom is -0.447 e. The molecule has 2 heterocycles. The van der Waals surface area contributed by atoms with Gasteiger partial charge in [-0.25, -0.2) is 13.2 Å². The number of piperazine rings is 1. The third-order valence-electron chi connectivity index (χ3n) is 5.18. The summed E-state index contributed by atoms with van der Waals surface area (Å²) in [6.45, 7) is 7.58. The zero-order chi connectivity index (χ0) is 18.9. The number of benzene rings is 1. The van der Waals surface area contributed by atoms with E-state index in [0.717, 1.165) is 6.42 Å². The van der Waals surface area contributed by atoms with E-state index < -0.39 is 15.9 Å². The van der Waals surface area contributed by atoms with E-state index in [2.05, 4.69) is 36.1 Å². The van der Waals surface area contributed by atoms with Gasteiger partial charge in [-0.1, -0.05) is 31.2 Å². The molecule has 2 atom stereocenters. The summed E-state index contributed by atoms with van der Waals surface area (Å²) in [7, 11) is -3.15. The molecule has 3 rings (SSSR count). The van der Waals surface area contributed by atoms with E-state index in [0.29, 0.717) is 19.6 Å². The Morgan fingerprint density at radius 1 is 1.12 bits per heavy atom. The van der Waals surface area contributed by atoms with Crippen LogP contribution in [-0.2, 0) is 27.5 Å². The van der Waals surface area contributed by atoms with Gasteiger partial charge in [0, 0.05) is 25.7 Å². The first-order valence-corrected chi connectivity index (χ1v) is 11.1. The molecule has 2 saturated heterocycles. The molecule has 0 saturated carbocycles. The molecule has 144 valence electrons. The van der Waals surface area contributed by atoms with Crippen molar-refractivity contribution in [1.82, 2.24) is 9.80 Å². The van der Waals surface area contributed by atoms with Gasteiger partial charge >= 0.3 is 6.09 Å². The third kappa shape index (κ3) is 4.20. The number of rotatable bonds is 4. The van der Waals surface area contributed by atoms with Gasteiger partial charge in [-0.2, -0.15) is 0 Å². The number of carbonyl (C=O) groups is 1. The fraction of sp³-hybridized carbons (Fsp3) is 0.632. The number of hydrogen-bond donors (Lipinski definition) is 0. The van der Waals surface area contributed by atoms with Crippen molar-refractivity contribution in [3.8, 4) is 0 Å². The van der Waals surface area contributed by atoms with Gasteiger partial charge in [-0.15, -0.1) is 0 Å². The number of ether oxygens (including phenoxy) is 1. The van der Waals surface area contributed by atoms with Gasteiger partial charge < -0.3 is 9.64 Å². The highest BCUT2D eigenvalue weighted by atomic mass is 32.2. The normalized spacial score (nSPS) is 25.3. The smallest absolute Gasteiger partial charge is 0.410 e. The predicted octanol–water partition coefficient (Wildman–Crippen LogP) is 2.08. The van der Waals surface area contributed by atoms with E-state index in [1.165, 1.54) is 11.1 Å². The first kappa shape index (κ1) is 19.2. The van der Waals surface area contributed by atoms with E-state index in [1.807, 2.05) is 0 Å². The van der Waals surface area contributed by atoms with Gasteiger partial charge in [-0.3, -0.25) is 4.90 Å². The maximum Gasteiger partial charge on any atom is 0.410 e. The molecule has 0 aliphatic carbocycles. The maximum absolute atomic E-state index is 12.4. The molecule has 0 N–H and O–H groups in total. The Hall–Kier alpha value is -1.60. The zero-order valence-corrected chi connectivity index (χ0v) is 16.5. The SMILES string of the molecule is CCc1ccc(CN2CCN(C(=O)OC(C)C)[C@@H]3CS(=O)(=O)C[C@@H]32)cc1. The van der Waals surface area contributed by atoms with Crippen molar-refractivity contribution in [3.05, 3.63) is 35.4 Å². The van der Waals surface area contributed by atoms with Crippen LogP contribution in [0.3, 0.4) is 0 Å². The van der Waals surface area contributed by atoms with Crippen molar-refractivity contribution in [3.63, 3.8) is 0 Å². The number of aryl methyl sites for hydroxylation is 1. The van der Waals surface area contributed by atoms with Crippen molar-refractivity contribution in [2.75, 3.05) is 24.6 Å². The van der Waals surface area contributed by atoms with Crippen LogP contribution in [-0.4, -0.2) is 67.1 Å². The molecule has 1 amide bonds. The minimum atomic E-state index is -3.15. The van der Waals surface area contributed by atoms with Crippen LogP contribution >= 0.6 is 0 Å². The van der Waals surface area contributed by atoms with Gasteiger partial charge in [0.2, 0.25) is 0 Å². The van der Waals surface area contributed by atoms with E-state index >= 15 is 0 Å². The molecular weight excluding hydrogens is 352 g/mol. The lowest BCUT2D eigenvalue weighted by Gasteiger charge is -2.43. The van der Waals surface area contributed by atoms with E-state index in [-0.39, 0.29) is 29.7 Å². The molecule has 0 unspecified atom stereocenters. The largest absolute Gasteiger partial charge is 0.447 e. The Morgan fingerprint density at radius 3 is 2.35 bits per heavy atom. The summed E-state index contributed by atoms with van der Waals surface area (Å²) in [4.78, 5) is 16.2. The average molecular weight is 381 g/mol. The molecule has 7 heteroatoms. The van der Waals surface area contributed by atoms with Crippen LogP contribution < -0.4 is 0 Å². The average Bonchev–Trinajstić information content (AvgIpc) is 2.90. The zero-order valence-electron chi connectivity index (χ0n) is 15.7. The monoisotopic (exact) mass is 380 g/mol. The summed E-state index contributed by atoms with van der Waals surface area (Å²) < 4.78 is 29.8. The second-order valence-electron chi connectivity index (χ2n) is 7.48. The highest BCUT2D eigenvalue weighted by Gasteiger charge is 2.48. The van der Waals surface area contributed by atoms with Gasteiger partial charge in [0.15, 0.2) is 9.84 Å². The van der Waals surface area contributed by atoms with Gasteiger partial charge in [-0.05, 0) is 31.4 Å². The third-order valence-corrected chi connectivity index (χ3v) is 6.88. The van der Waals surface area contributed by atoms with Crippen LogP contribution in [0.1, 0.15) is 31.9 Å². The van der Waals surface area contributed by atoms with Crippen molar-refractivity contribution < 1.29 is 17.9 Å². The number of hydrogen-bond acceptors (Lipinski definition) is 5. The molecule has 0 bridgehead atoms. The van der Waals surface area contributed by atoms with E-state index in [9.17, 15) is 13.2 Å². The Labute approximate surface area is 156 Å². The van der Waals surface area contributed by atoms with Crippen LogP contribution in [0.4, 0.5) is 4.79 Å². The topological polar surface area (TPSA) is 66.9 Å². The van der Waals surface area contributed by atoms with Crippen LogP contribution in [0.15, 0.2) is 24.3 Å². The van der Waals surface area contributed by atoms with Crippen molar-refractivity contribution in [1.29, 1.82) is 0 Å². The number of amides is 1.